The highest BCUT2D eigenvalue weighted by molar-refractivity contribution is 6.32. The highest BCUT2D eigenvalue weighted by Crippen LogP contribution is 2.36. The second-order valence-electron chi connectivity index (χ2n) is 6.73. The zero-order valence-electron chi connectivity index (χ0n) is 18.3. The number of carbonyl (C=O) groups is 3. The van der Waals surface area contributed by atoms with E-state index < -0.39 is 18.5 Å². The standard InChI is InChI=1S/C23H25ClN2O6/c1-5-31-19-13-15(12-18(24)22(19)30-4)6-11-21(28)32-14-20(27)25-17-9-7-16(8-10-17)23(29)26(2)3/h6-13H,5,14H2,1-4H3,(H,25,27)/b11-6+. The Hall–Kier alpha value is -3.52. The van der Waals surface area contributed by atoms with E-state index in [1.54, 1.807) is 50.5 Å². The lowest BCUT2D eigenvalue weighted by atomic mass is 10.2. The average Bonchev–Trinajstić information content (AvgIpc) is 2.76. The SMILES string of the molecule is CCOc1cc(/C=C/C(=O)OCC(=O)Nc2ccc(C(=O)N(C)C)cc2)cc(Cl)c1OC. The van der Waals surface area contributed by atoms with Crippen LogP contribution >= 0.6 is 11.6 Å². The molecule has 0 aromatic heterocycles. The van der Waals surface area contributed by atoms with E-state index in [2.05, 4.69) is 5.32 Å². The zero-order valence-corrected chi connectivity index (χ0v) is 19.1. The van der Waals surface area contributed by atoms with Crippen molar-refractivity contribution in [1.29, 1.82) is 0 Å². The number of nitrogens with zero attached hydrogens (tertiary/aromatic N) is 1. The molecule has 0 bridgehead atoms. The molecule has 8 nitrogen and oxygen atoms in total. The van der Waals surface area contributed by atoms with Gasteiger partial charge in [-0.05, 0) is 55.0 Å². The fourth-order valence-corrected chi connectivity index (χ4v) is 2.94. The molecule has 0 unspecified atom stereocenters. The summed E-state index contributed by atoms with van der Waals surface area (Å²) < 4.78 is 15.7. The maximum absolute atomic E-state index is 12.0. The average molecular weight is 461 g/mol. The number of halogens is 1. The summed E-state index contributed by atoms with van der Waals surface area (Å²) in [6.07, 6.45) is 2.68. The molecule has 0 saturated carbocycles. The lowest BCUT2D eigenvalue weighted by Gasteiger charge is -2.11. The predicted octanol–water partition coefficient (Wildman–Crippen LogP) is 3.64. The highest BCUT2D eigenvalue weighted by Gasteiger charge is 2.12. The summed E-state index contributed by atoms with van der Waals surface area (Å²) in [4.78, 5) is 37.3. The number of hydrogen-bond acceptors (Lipinski definition) is 6. The summed E-state index contributed by atoms with van der Waals surface area (Å²) in [5.74, 6) is -0.492. The van der Waals surface area contributed by atoms with Crippen LogP contribution in [0.1, 0.15) is 22.8 Å². The van der Waals surface area contributed by atoms with Crippen molar-refractivity contribution in [2.24, 2.45) is 0 Å². The van der Waals surface area contributed by atoms with Gasteiger partial charge < -0.3 is 24.4 Å². The van der Waals surface area contributed by atoms with E-state index >= 15 is 0 Å². The minimum Gasteiger partial charge on any atom is -0.491 e. The molecule has 0 aliphatic rings. The Morgan fingerprint density at radius 2 is 1.81 bits per heavy atom. The van der Waals surface area contributed by atoms with Crippen molar-refractivity contribution in [2.75, 3.05) is 39.7 Å². The number of amides is 2. The number of anilines is 1. The molecule has 0 radical (unpaired) electrons. The number of benzene rings is 2. The van der Waals surface area contributed by atoms with E-state index in [1.165, 1.54) is 24.2 Å². The predicted molar refractivity (Wildman–Crippen MR) is 122 cm³/mol. The molecule has 0 heterocycles. The molecule has 0 atom stereocenters. The van der Waals surface area contributed by atoms with Crippen LogP contribution in [0.5, 0.6) is 11.5 Å². The Morgan fingerprint density at radius 1 is 1.12 bits per heavy atom. The van der Waals surface area contributed by atoms with Gasteiger partial charge in [-0.1, -0.05) is 11.6 Å². The molecule has 2 aromatic rings. The highest BCUT2D eigenvalue weighted by atomic mass is 35.5. The Bertz CT molecular complexity index is 1000. The van der Waals surface area contributed by atoms with Crippen LogP contribution in [-0.2, 0) is 14.3 Å². The fourth-order valence-electron chi connectivity index (χ4n) is 2.65. The van der Waals surface area contributed by atoms with Crippen molar-refractivity contribution >= 4 is 41.1 Å². The third kappa shape index (κ3) is 7.02. The van der Waals surface area contributed by atoms with Gasteiger partial charge in [-0.2, -0.15) is 0 Å². The van der Waals surface area contributed by atoms with Crippen LogP contribution in [0.4, 0.5) is 5.69 Å². The maximum atomic E-state index is 12.0. The topological polar surface area (TPSA) is 94.2 Å². The molecule has 170 valence electrons. The molecule has 0 aliphatic heterocycles. The molecule has 2 amide bonds. The first-order valence-corrected chi connectivity index (χ1v) is 10.1. The van der Waals surface area contributed by atoms with Crippen LogP contribution in [0.2, 0.25) is 5.02 Å². The van der Waals surface area contributed by atoms with Crippen LogP contribution in [-0.4, -0.2) is 57.1 Å². The van der Waals surface area contributed by atoms with Crippen LogP contribution in [0.3, 0.4) is 0 Å². The van der Waals surface area contributed by atoms with Gasteiger partial charge >= 0.3 is 5.97 Å². The lowest BCUT2D eigenvalue weighted by molar-refractivity contribution is -0.142. The Labute approximate surface area is 191 Å². The molecule has 32 heavy (non-hydrogen) atoms. The van der Waals surface area contributed by atoms with Crippen molar-refractivity contribution in [3.8, 4) is 11.5 Å². The van der Waals surface area contributed by atoms with Gasteiger partial charge in [0.2, 0.25) is 0 Å². The van der Waals surface area contributed by atoms with Gasteiger partial charge in [0, 0.05) is 31.4 Å². The minimum atomic E-state index is -0.697. The molecule has 0 fully saturated rings. The number of ether oxygens (including phenoxy) is 3. The van der Waals surface area contributed by atoms with Crippen LogP contribution in [0.15, 0.2) is 42.5 Å². The van der Waals surface area contributed by atoms with E-state index in [0.29, 0.717) is 39.9 Å². The maximum Gasteiger partial charge on any atom is 0.331 e. The zero-order chi connectivity index (χ0) is 23.7. The number of nitrogens with one attached hydrogen (secondary N) is 1. The van der Waals surface area contributed by atoms with Crippen LogP contribution in [0.25, 0.3) is 6.08 Å². The van der Waals surface area contributed by atoms with E-state index in [9.17, 15) is 14.4 Å². The Balaban J connectivity index is 1.90. The smallest absolute Gasteiger partial charge is 0.331 e. The first-order chi connectivity index (χ1) is 15.2. The van der Waals surface area contributed by atoms with E-state index in [-0.39, 0.29) is 5.91 Å². The van der Waals surface area contributed by atoms with Crippen molar-refractivity contribution < 1.29 is 28.6 Å². The van der Waals surface area contributed by atoms with Gasteiger partial charge in [0.15, 0.2) is 18.1 Å². The molecule has 1 N–H and O–H groups in total. The number of methoxy groups -OCH3 is 1. The van der Waals surface area contributed by atoms with Gasteiger partial charge in [-0.25, -0.2) is 4.79 Å². The van der Waals surface area contributed by atoms with Gasteiger partial charge in [-0.3, -0.25) is 9.59 Å². The number of rotatable bonds is 9. The third-order valence-corrected chi connectivity index (χ3v) is 4.40. The van der Waals surface area contributed by atoms with Crippen molar-refractivity contribution in [3.05, 3.63) is 58.6 Å². The summed E-state index contributed by atoms with van der Waals surface area (Å²) in [6.45, 7) is 1.79. The summed E-state index contributed by atoms with van der Waals surface area (Å²) in [6, 6.07) is 9.69. The summed E-state index contributed by atoms with van der Waals surface area (Å²) in [5, 5.41) is 2.93. The Kier molecular flexibility index (Phi) is 9.09. The summed E-state index contributed by atoms with van der Waals surface area (Å²) in [7, 11) is 4.79. The van der Waals surface area contributed by atoms with Gasteiger partial charge in [-0.15, -0.1) is 0 Å². The van der Waals surface area contributed by atoms with Gasteiger partial charge in [0.25, 0.3) is 11.8 Å². The van der Waals surface area contributed by atoms with Crippen molar-refractivity contribution in [2.45, 2.75) is 6.92 Å². The second-order valence-corrected chi connectivity index (χ2v) is 7.14. The molecular weight excluding hydrogens is 436 g/mol. The summed E-state index contributed by atoms with van der Waals surface area (Å²) in [5.41, 5.74) is 1.58. The minimum absolute atomic E-state index is 0.143. The van der Waals surface area contributed by atoms with Crippen molar-refractivity contribution in [1.82, 2.24) is 4.90 Å². The molecular formula is C23H25ClN2O6. The summed E-state index contributed by atoms with van der Waals surface area (Å²) >= 11 is 6.18. The van der Waals surface area contributed by atoms with E-state index in [0.717, 1.165) is 0 Å². The molecule has 0 saturated heterocycles. The van der Waals surface area contributed by atoms with E-state index in [4.69, 9.17) is 25.8 Å². The van der Waals surface area contributed by atoms with E-state index in [1.807, 2.05) is 6.92 Å². The monoisotopic (exact) mass is 460 g/mol. The molecule has 2 aromatic carbocycles. The molecule has 0 aliphatic carbocycles. The fraction of sp³-hybridized carbons (Fsp3) is 0.261. The first kappa shape index (κ1) is 24.7. The first-order valence-electron chi connectivity index (χ1n) is 9.71. The number of hydrogen-bond donors (Lipinski definition) is 1. The quantitative estimate of drug-likeness (QED) is 0.453. The van der Waals surface area contributed by atoms with Crippen molar-refractivity contribution in [3.63, 3.8) is 0 Å². The van der Waals surface area contributed by atoms with Crippen LogP contribution in [0, 0.1) is 0 Å². The molecule has 9 heteroatoms. The Morgan fingerprint density at radius 3 is 2.41 bits per heavy atom. The van der Waals surface area contributed by atoms with Crippen LogP contribution < -0.4 is 14.8 Å². The third-order valence-electron chi connectivity index (χ3n) is 4.11. The number of carbonyl (C=O) groups excluding carboxylic acids is 3. The van der Waals surface area contributed by atoms with Gasteiger partial charge in [0.05, 0.1) is 18.7 Å². The second kappa shape index (κ2) is 11.8. The molecule has 2 rings (SSSR count). The largest absolute Gasteiger partial charge is 0.491 e. The lowest BCUT2D eigenvalue weighted by Crippen LogP contribution is -2.22. The van der Waals surface area contributed by atoms with Gasteiger partial charge in [0.1, 0.15) is 0 Å². The number of esters is 1. The normalized spacial score (nSPS) is 10.5. The molecule has 0 spiro atoms.